The Labute approximate surface area is 201 Å². The summed E-state index contributed by atoms with van der Waals surface area (Å²) in [5, 5.41) is 11.0. The fourth-order valence-corrected chi connectivity index (χ4v) is 9.25. The molecule has 0 aromatic heterocycles. The predicted octanol–water partition coefficient (Wildman–Crippen LogP) is 6.69. The Balaban J connectivity index is 1.67. The average Bonchev–Trinajstić information content (AvgIpc) is 3.01. The zero-order valence-electron chi connectivity index (χ0n) is 22.3. The number of Topliss-reactive ketones (excluding diaryl/α,β-unsaturated/α-hetero) is 1. The van der Waals surface area contributed by atoms with Crippen LogP contribution in [0.4, 0.5) is 0 Å². The highest BCUT2D eigenvalue weighted by atomic mass is 16.3. The van der Waals surface area contributed by atoms with E-state index in [9.17, 15) is 14.7 Å². The quantitative estimate of drug-likeness (QED) is 0.380. The summed E-state index contributed by atoms with van der Waals surface area (Å²) in [7, 11) is 0. The molecular formula is C30H46O3. The molecule has 1 N–H and O–H groups in total. The number of hydrogen-bond donors (Lipinski definition) is 1. The predicted molar refractivity (Wildman–Crippen MR) is 134 cm³/mol. The van der Waals surface area contributed by atoms with Gasteiger partial charge in [0.15, 0.2) is 5.78 Å². The van der Waals surface area contributed by atoms with Crippen LogP contribution >= 0.6 is 0 Å². The van der Waals surface area contributed by atoms with E-state index >= 15 is 0 Å². The first-order valence-corrected chi connectivity index (χ1v) is 13.3. The van der Waals surface area contributed by atoms with E-state index in [1.54, 1.807) is 11.6 Å². The number of ketones is 2. The normalized spacial score (nSPS) is 43.5. The third-order valence-corrected chi connectivity index (χ3v) is 11.5. The molecule has 3 saturated carbocycles. The highest BCUT2D eigenvalue weighted by molar-refractivity contribution is 5.94. The van der Waals surface area contributed by atoms with Gasteiger partial charge in [0, 0.05) is 11.8 Å². The van der Waals surface area contributed by atoms with Crippen LogP contribution in [0, 0.1) is 45.3 Å². The molecule has 8 atom stereocenters. The van der Waals surface area contributed by atoms with Crippen LogP contribution in [0.1, 0.15) is 100 Å². The zero-order chi connectivity index (χ0) is 24.6. The van der Waals surface area contributed by atoms with E-state index in [-0.39, 0.29) is 33.4 Å². The van der Waals surface area contributed by atoms with E-state index in [0.717, 1.165) is 50.5 Å². The number of allylic oxidation sites excluding steroid dienone is 3. The molecule has 3 nitrogen and oxygen atoms in total. The molecule has 0 amide bonds. The minimum Gasteiger partial charge on any atom is -0.385 e. The van der Waals surface area contributed by atoms with Crippen molar-refractivity contribution in [3.8, 4) is 0 Å². The van der Waals surface area contributed by atoms with Crippen molar-refractivity contribution in [1.82, 2.24) is 0 Å². The van der Waals surface area contributed by atoms with Gasteiger partial charge in [0.05, 0.1) is 0 Å². The van der Waals surface area contributed by atoms with Gasteiger partial charge in [0.1, 0.15) is 11.9 Å². The van der Waals surface area contributed by atoms with Crippen LogP contribution in [0.25, 0.3) is 0 Å². The standard InChI is InChI=1S/C30H46O3/c1-18(2)17-23(31)26(33)19(3)20-11-15-30(8)22-9-10-24-27(4,5)25(32)13-14-28(24,6)21(22)12-16-29(20,30)7/h9,17,19-21,24,26,33H,10-16H2,1-8H3/t19-,20+,21+,24+,26-,28-,29+,30-/m1/s1. The van der Waals surface area contributed by atoms with Crippen molar-refractivity contribution in [3.05, 3.63) is 23.3 Å². The molecule has 0 heterocycles. The SMILES string of the molecule is CC(C)=CC(=O)[C@H](O)[C@H](C)[C@@H]1CC[C@]2(C)C3=CC[C@H]4C(C)(C)C(=O)CC[C@]4(C)[C@H]3CC[C@@]12C. The van der Waals surface area contributed by atoms with Gasteiger partial charge in [-0.2, -0.15) is 0 Å². The van der Waals surface area contributed by atoms with Gasteiger partial charge in [-0.1, -0.05) is 58.8 Å². The van der Waals surface area contributed by atoms with Crippen LogP contribution in [-0.2, 0) is 9.59 Å². The molecule has 0 radical (unpaired) electrons. The van der Waals surface area contributed by atoms with Crippen LogP contribution in [0.2, 0.25) is 0 Å². The van der Waals surface area contributed by atoms with E-state index in [2.05, 4.69) is 47.6 Å². The molecule has 4 rings (SSSR count). The Morgan fingerprint density at radius 2 is 1.76 bits per heavy atom. The molecule has 4 aliphatic carbocycles. The van der Waals surface area contributed by atoms with Crippen molar-refractivity contribution in [2.24, 2.45) is 45.3 Å². The summed E-state index contributed by atoms with van der Waals surface area (Å²) in [4.78, 5) is 25.4. The molecule has 184 valence electrons. The molecule has 0 bridgehead atoms. The highest BCUT2D eigenvalue weighted by Crippen LogP contribution is 2.73. The van der Waals surface area contributed by atoms with E-state index in [4.69, 9.17) is 0 Å². The minimum absolute atomic E-state index is 0.0461. The largest absolute Gasteiger partial charge is 0.385 e. The van der Waals surface area contributed by atoms with Gasteiger partial charge in [0.2, 0.25) is 0 Å². The molecule has 0 saturated heterocycles. The van der Waals surface area contributed by atoms with Crippen LogP contribution in [-0.4, -0.2) is 22.8 Å². The summed E-state index contributed by atoms with van der Waals surface area (Å²) < 4.78 is 0. The van der Waals surface area contributed by atoms with Gasteiger partial charge in [-0.25, -0.2) is 0 Å². The molecule has 0 aromatic carbocycles. The van der Waals surface area contributed by atoms with Crippen molar-refractivity contribution >= 4 is 11.6 Å². The van der Waals surface area contributed by atoms with Gasteiger partial charge < -0.3 is 5.11 Å². The molecule has 3 heteroatoms. The Morgan fingerprint density at radius 3 is 2.39 bits per heavy atom. The Hall–Kier alpha value is -1.22. The first-order chi connectivity index (χ1) is 15.2. The first-order valence-electron chi connectivity index (χ1n) is 13.3. The molecular weight excluding hydrogens is 408 g/mol. The Bertz CT molecular complexity index is 906. The van der Waals surface area contributed by atoms with Gasteiger partial charge in [0.25, 0.3) is 0 Å². The van der Waals surface area contributed by atoms with E-state index in [1.807, 2.05) is 13.8 Å². The molecule has 0 unspecified atom stereocenters. The summed E-state index contributed by atoms with van der Waals surface area (Å²) in [6.07, 6.45) is 10.5. The highest BCUT2D eigenvalue weighted by Gasteiger charge is 2.65. The second-order valence-electron chi connectivity index (χ2n) is 13.5. The molecule has 0 spiro atoms. The van der Waals surface area contributed by atoms with E-state index in [1.165, 1.54) is 0 Å². The van der Waals surface area contributed by atoms with Crippen molar-refractivity contribution in [2.45, 2.75) is 106 Å². The maximum atomic E-state index is 12.8. The van der Waals surface area contributed by atoms with Gasteiger partial charge in [-0.3, -0.25) is 9.59 Å². The van der Waals surface area contributed by atoms with Crippen molar-refractivity contribution in [2.75, 3.05) is 0 Å². The maximum absolute atomic E-state index is 12.8. The summed E-state index contributed by atoms with van der Waals surface area (Å²) >= 11 is 0. The number of aliphatic hydroxyl groups is 1. The number of carbonyl (C=O) groups excluding carboxylic acids is 2. The van der Waals surface area contributed by atoms with Crippen LogP contribution in [0.15, 0.2) is 23.3 Å². The third-order valence-electron chi connectivity index (χ3n) is 11.5. The second-order valence-corrected chi connectivity index (χ2v) is 13.5. The lowest BCUT2D eigenvalue weighted by atomic mass is 9.41. The van der Waals surface area contributed by atoms with Crippen LogP contribution < -0.4 is 0 Å². The average molecular weight is 455 g/mol. The van der Waals surface area contributed by atoms with E-state index in [0.29, 0.717) is 23.5 Å². The fraction of sp³-hybridized carbons (Fsp3) is 0.800. The van der Waals surface area contributed by atoms with Gasteiger partial charge >= 0.3 is 0 Å². The molecule has 3 fully saturated rings. The van der Waals surface area contributed by atoms with Crippen molar-refractivity contribution in [3.63, 3.8) is 0 Å². The topological polar surface area (TPSA) is 54.4 Å². The van der Waals surface area contributed by atoms with Crippen molar-refractivity contribution in [1.29, 1.82) is 0 Å². The van der Waals surface area contributed by atoms with Gasteiger partial charge in [-0.15, -0.1) is 0 Å². The minimum atomic E-state index is -0.922. The summed E-state index contributed by atoms with van der Waals surface area (Å²) in [5.41, 5.74) is 2.73. The lowest BCUT2D eigenvalue weighted by Crippen LogP contribution is -2.57. The van der Waals surface area contributed by atoms with Crippen LogP contribution in [0.5, 0.6) is 0 Å². The summed E-state index contributed by atoms with van der Waals surface area (Å²) in [6, 6.07) is 0. The second kappa shape index (κ2) is 7.90. The lowest BCUT2D eigenvalue weighted by molar-refractivity contribution is -0.146. The number of aliphatic hydroxyl groups excluding tert-OH is 1. The fourth-order valence-electron chi connectivity index (χ4n) is 9.25. The Morgan fingerprint density at radius 1 is 1.09 bits per heavy atom. The molecule has 4 aliphatic rings. The Kier molecular flexibility index (Phi) is 5.96. The monoisotopic (exact) mass is 454 g/mol. The first kappa shape index (κ1) is 24.9. The molecule has 0 aliphatic heterocycles. The smallest absolute Gasteiger partial charge is 0.184 e. The molecule has 0 aromatic rings. The number of hydrogen-bond acceptors (Lipinski definition) is 3. The van der Waals surface area contributed by atoms with Gasteiger partial charge in [-0.05, 0) is 98.4 Å². The van der Waals surface area contributed by atoms with Crippen molar-refractivity contribution < 1.29 is 14.7 Å². The lowest BCUT2D eigenvalue weighted by Gasteiger charge is -2.63. The van der Waals surface area contributed by atoms with E-state index < -0.39 is 6.10 Å². The molecule has 33 heavy (non-hydrogen) atoms. The number of fused-ring (bicyclic) bond motifs is 5. The third kappa shape index (κ3) is 3.39. The number of carbonyl (C=O) groups is 2. The summed E-state index contributed by atoms with van der Waals surface area (Å²) in [5.74, 6) is 1.56. The number of rotatable bonds is 4. The maximum Gasteiger partial charge on any atom is 0.184 e. The zero-order valence-corrected chi connectivity index (χ0v) is 22.3. The summed E-state index contributed by atoms with van der Waals surface area (Å²) in [6.45, 7) is 17.7. The van der Waals surface area contributed by atoms with Crippen LogP contribution in [0.3, 0.4) is 0 Å².